The van der Waals surface area contributed by atoms with Crippen LogP contribution >= 0.6 is 0 Å². The molecule has 6 heteroatoms. The number of rotatable bonds is 2. The van der Waals surface area contributed by atoms with E-state index >= 15 is 0 Å². The molecule has 0 spiro atoms. The molecule has 24 heavy (non-hydrogen) atoms. The van der Waals surface area contributed by atoms with E-state index in [0.717, 1.165) is 39.2 Å². The van der Waals surface area contributed by atoms with Crippen LogP contribution in [0.2, 0.25) is 0 Å². The van der Waals surface area contributed by atoms with Crippen molar-refractivity contribution in [3.8, 4) is 22.3 Å². The van der Waals surface area contributed by atoms with E-state index in [0.29, 0.717) is 5.56 Å². The van der Waals surface area contributed by atoms with Gasteiger partial charge in [0.25, 0.3) is 5.56 Å². The summed E-state index contributed by atoms with van der Waals surface area (Å²) in [5.74, 6) is 0.745. The molecule has 1 aromatic carbocycles. The summed E-state index contributed by atoms with van der Waals surface area (Å²) in [5, 5.41) is 4.01. The summed E-state index contributed by atoms with van der Waals surface area (Å²) in [4.78, 5) is 22.4. The van der Waals surface area contributed by atoms with Gasteiger partial charge in [0.15, 0.2) is 0 Å². The lowest BCUT2D eigenvalue weighted by molar-refractivity contribution is 0.393. The van der Waals surface area contributed by atoms with Gasteiger partial charge in [-0.15, -0.1) is 0 Å². The second-order valence-corrected chi connectivity index (χ2v) is 5.43. The van der Waals surface area contributed by atoms with Gasteiger partial charge in [-0.1, -0.05) is 12.6 Å². The Morgan fingerprint density at radius 1 is 1.12 bits per heavy atom. The Kier molecular flexibility index (Phi) is 3.81. The highest BCUT2D eigenvalue weighted by Gasteiger charge is 2.16. The number of hydrogen-bond acceptors (Lipinski definition) is 4. The van der Waals surface area contributed by atoms with Crippen LogP contribution in [0.4, 0.5) is 0 Å². The van der Waals surface area contributed by atoms with Crippen molar-refractivity contribution >= 4 is 11.0 Å². The van der Waals surface area contributed by atoms with Crippen LogP contribution in [0.5, 0.6) is 0 Å². The number of aromatic amines is 2. The molecule has 0 saturated heterocycles. The van der Waals surface area contributed by atoms with Crippen LogP contribution in [-0.2, 0) is 0 Å². The molecule has 122 valence electrons. The molecule has 4 aromatic rings. The Morgan fingerprint density at radius 3 is 2.67 bits per heavy atom. The van der Waals surface area contributed by atoms with E-state index < -0.39 is 0 Å². The van der Waals surface area contributed by atoms with Gasteiger partial charge in [0.05, 0.1) is 23.1 Å². The Balaban J connectivity index is 0.00000169. The number of imidazole rings is 1. The maximum absolute atomic E-state index is 12.2. The zero-order chi connectivity index (χ0) is 16.0. The van der Waals surface area contributed by atoms with E-state index in [1.807, 2.05) is 26.0 Å². The molecule has 0 aliphatic rings. The lowest BCUT2D eigenvalue weighted by Gasteiger charge is -2.07. The lowest BCUT2D eigenvalue weighted by Crippen LogP contribution is -2.07. The third-order valence-electron chi connectivity index (χ3n) is 3.95. The molecule has 0 radical (unpaired) electrons. The van der Waals surface area contributed by atoms with Crippen LogP contribution in [-0.4, -0.2) is 20.1 Å². The Bertz CT molecular complexity index is 1050. The molecule has 0 atom stereocenters. The molecule has 4 rings (SSSR count). The lowest BCUT2D eigenvalue weighted by atomic mass is 9.97. The largest absolute Gasteiger partial charge is 0.361 e. The van der Waals surface area contributed by atoms with Crippen molar-refractivity contribution in [1.29, 1.82) is 0 Å². The average molecular weight is 322 g/mol. The SMILES string of the molecule is C.Cc1noc(C)c1-c1cc(-c2ccc[nH]c2=O)c2nc[nH]c2c1. The van der Waals surface area contributed by atoms with E-state index in [9.17, 15) is 4.79 Å². The van der Waals surface area contributed by atoms with E-state index in [-0.39, 0.29) is 13.0 Å². The number of H-pyrrole nitrogens is 2. The summed E-state index contributed by atoms with van der Waals surface area (Å²) in [6.45, 7) is 3.78. The van der Waals surface area contributed by atoms with Crippen LogP contribution in [0.1, 0.15) is 18.9 Å². The molecule has 0 aliphatic carbocycles. The molecule has 0 fully saturated rings. The van der Waals surface area contributed by atoms with Crippen LogP contribution in [0.3, 0.4) is 0 Å². The van der Waals surface area contributed by atoms with E-state index in [1.165, 1.54) is 0 Å². The van der Waals surface area contributed by atoms with Gasteiger partial charge in [-0.25, -0.2) is 4.98 Å². The summed E-state index contributed by atoms with van der Waals surface area (Å²) >= 11 is 0. The molecular formula is C18H18N4O2. The normalized spacial score (nSPS) is 10.8. The van der Waals surface area contributed by atoms with Gasteiger partial charge in [0.2, 0.25) is 0 Å². The van der Waals surface area contributed by atoms with Gasteiger partial charge in [0.1, 0.15) is 5.76 Å². The highest BCUT2D eigenvalue weighted by Crippen LogP contribution is 2.34. The maximum Gasteiger partial charge on any atom is 0.255 e. The molecular weight excluding hydrogens is 304 g/mol. The fraction of sp³-hybridized carbons (Fsp3) is 0.167. The summed E-state index contributed by atoms with van der Waals surface area (Å²) < 4.78 is 5.27. The number of aromatic nitrogens is 4. The Morgan fingerprint density at radius 2 is 1.96 bits per heavy atom. The van der Waals surface area contributed by atoms with E-state index in [4.69, 9.17) is 4.52 Å². The van der Waals surface area contributed by atoms with Gasteiger partial charge in [-0.2, -0.15) is 0 Å². The second kappa shape index (κ2) is 5.81. The quantitative estimate of drug-likeness (QED) is 0.587. The zero-order valence-electron chi connectivity index (χ0n) is 12.7. The minimum Gasteiger partial charge on any atom is -0.361 e. The summed E-state index contributed by atoms with van der Waals surface area (Å²) in [6, 6.07) is 7.55. The number of pyridine rings is 1. The number of nitrogens with one attached hydrogen (secondary N) is 2. The molecule has 0 saturated carbocycles. The van der Waals surface area contributed by atoms with Gasteiger partial charge in [-0.05, 0) is 43.7 Å². The van der Waals surface area contributed by atoms with Gasteiger partial charge >= 0.3 is 0 Å². The summed E-state index contributed by atoms with van der Waals surface area (Å²) in [6.07, 6.45) is 3.24. The highest BCUT2D eigenvalue weighted by molar-refractivity contribution is 5.96. The number of fused-ring (bicyclic) bond motifs is 1. The van der Waals surface area contributed by atoms with E-state index in [1.54, 1.807) is 24.7 Å². The van der Waals surface area contributed by atoms with Crippen molar-refractivity contribution in [2.24, 2.45) is 0 Å². The monoisotopic (exact) mass is 322 g/mol. The molecule has 0 unspecified atom stereocenters. The predicted molar refractivity (Wildman–Crippen MR) is 93.9 cm³/mol. The van der Waals surface area contributed by atoms with Crippen LogP contribution in [0, 0.1) is 13.8 Å². The minimum absolute atomic E-state index is 0. The van der Waals surface area contributed by atoms with Crippen LogP contribution < -0.4 is 5.56 Å². The molecule has 6 nitrogen and oxygen atoms in total. The topological polar surface area (TPSA) is 87.6 Å². The van der Waals surface area contributed by atoms with Crippen molar-refractivity contribution in [3.63, 3.8) is 0 Å². The number of benzene rings is 1. The first kappa shape index (κ1) is 15.7. The number of hydrogen-bond donors (Lipinski definition) is 2. The molecule has 3 aromatic heterocycles. The van der Waals surface area contributed by atoms with Gasteiger partial charge in [-0.3, -0.25) is 4.79 Å². The maximum atomic E-state index is 12.2. The third-order valence-corrected chi connectivity index (χ3v) is 3.95. The third kappa shape index (κ3) is 2.32. The number of nitrogens with zero attached hydrogens (tertiary/aromatic N) is 2. The highest BCUT2D eigenvalue weighted by atomic mass is 16.5. The first-order valence-electron chi connectivity index (χ1n) is 7.23. The average Bonchev–Trinajstić information content (AvgIpc) is 3.13. The Hall–Kier alpha value is -3.15. The first-order chi connectivity index (χ1) is 11.1. The van der Waals surface area contributed by atoms with Gasteiger partial charge < -0.3 is 14.5 Å². The zero-order valence-corrected chi connectivity index (χ0v) is 12.7. The van der Waals surface area contributed by atoms with Gasteiger partial charge in [0, 0.05) is 22.9 Å². The molecule has 0 amide bonds. The minimum atomic E-state index is -0.146. The van der Waals surface area contributed by atoms with Crippen molar-refractivity contribution in [2.45, 2.75) is 21.3 Å². The molecule has 0 aliphatic heterocycles. The molecule has 0 bridgehead atoms. The molecule has 2 N–H and O–H groups in total. The van der Waals surface area contributed by atoms with Crippen molar-refractivity contribution < 1.29 is 4.52 Å². The standard InChI is InChI=1S/C17H14N4O2.CH4/c1-9-15(10(2)23-21-9)11-6-13(12-4-3-5-18-17(12)22)16-14(7-11)19-8-20-16;/h3-8H,1-2H3,(H,18,22)(H,19,20);1H4. The van der Waals surface area contributed by atoms with Crippen LogP contribution in [0.15, 0.2) is 46.1 Å². The molecule has 3 heterocycles. The smallest absolute Gasteiger partial charge is 0.255 e. The fourth-order valence-electron chi connectivity index (χ4n) is 2.93. The Labute approximate surface area is 138 Å². The van der Waals surface area contributed by atoms with Crippen LogP contribution in [0.25, 0.3) is 33.3 Å². The predicted octanol–water partition coefficient (Wildman–Crippen LogP) is 3.83. The summed E-state index contributed by atoms with van der Waals surface area (Å²) in [7, 11) is 0. The van der Waals surface area contributed by atoms with E-state index in [2.05, 4.69) is 20.1 Å². The van der Waals surface area contributed by atoms with Crippen molar-refractivity contribution in [3.05, 3.63) is 58.6 Å². The van der Waals surface area contributed by atoms with Crippen molar-refractivity contribution in [2.75, 3.05) is 0 Å². The number of aryl methyl sites for hydroxylation is 2. The summed E-state index contributed by atoms with van der Waals surface area (Å²) in [5.41, 5.74) is 5.53. The van der Waals surface area contributed by atoms with Crippen molar-refractivity contribution in [1.82, 2.24) is 20.1 Å². The fourth-order valence-corrected chi connectivity index (χ4v) is 2.93. The first-order valence-corrected chi connectivity index (χ1v) is 7.23. The second-order valence-electron chi connectivity index (χ2n) is 5.43.